The van der Waals surface area contributed by atoms with Crippen LogP contribution in [0.4, 0.5) is 0 Å². The molecule has 0 saturated heterocycles. The zero-order valence-electron chi connectivity index (χ0n) is 5.83. The molecular weight excluding hydrogens is 123 g/mol. The van der Waals surface area contributed by atoms with E-state index in [2.05, 4.69) is 4.98 Å². The standard InChI is InChI=1S/C7H7BN2/c8-7-3-1-2-6(10-7)4-5-9/h1-3H,4,8H2. The van der Waals surface area contributed by atoms with E-state index >= 15 is 0 Å². The predicted octanol–water partition coefficient (Wildman–Crippen LogP) is -0.594. The lowest BCUT2D eigenvalue weighted by Gasteiger charge is -1.93. The maximum atomic E-state index is 8.32. The quantitative estimate of drug-likeness (QED) is 0.476. The smallest absolute Gasteiger partial charge is 0.163 e. The Labute approximate surface area is 60.9 Å². The van der Waals surface area contributed by atoms with Crippen LogP contribution in [0.25, 0.3) is 0 Å². The summed E-state index contributed by atoms with van der Waals surface area (Å²) in [4.78, 5) is 4.14. The summed E-state index contributed by atoms with van der Waals surface area (Å²) in [5.41, 5.74) is 1.82. The molecule has 0 aliphatic carbocycles. The number of hydrogen-bond acceptors (Lipinski definition) is 2. The molecule has 1 heterocycles. The van der Waals surface area contributed by atoms with Crippen LogP contribution < -0.4 is 5.59 Å². The third kappa shape index (κ3) is 1.59. The maximum Gasteiger partial charge on any atom is 0.163 e. The van der Waals surface area contributed by atoms with Crippen LogP contribution in [0.15, 0.2) is 18.2 Å². The molecule has 0 fully saturated rings. The second kappa shape index (κ2) is 3.02. The van der Waals surface area contributed by atoms with Gasteiger partial charge in [-0.1, -0.05) is 12.1 Å². The first kappa shape index (κ1) is 6.82. The molecule has 0 bridgehead atoms. The molecule has 48 valence electrons. The van der Waals surface area contributed by atoms with Crippen molar-refractivity contribution in [2.45, 2.75) is 6.42 Å². The SMILES string of the molecule is Bc1cccc(CC#N)n1. The van der Waals surface area contributed by atoms with Gasteiger partial charge in [0.1, 0.15) is 0 Å². The Hall–Kier alpha value is -1.30. The Kier molecular flexibility index (Phi) is 2.06. The second-order valence-corrected chi connectivity index (χ2v) is 2.11. The van der Waals surface area contributed by atoms with E-state index in [-0.39, 0.29) is 0 Å². The number of pyridine rings is 1. The van der Waals surface area contributed by atoms with E-state index in [9.17, 15) is 0 Å². The van der Waals surface area contributed by atoms with E-state index < -0.39 is 0 Å². The summed E-state index contributed by atoms with van der Waals surface area (Å²) in [6, 6.07) is 7.74. The minimum absolute atomic E-state index is 0.404. The number of rotatable bonds is 1. The minimum atomic E-state index is 0.404. The fourth-order valence-corrected chi connectivity index (χ4v) is 0.779. The zero-order valence-corrected chi connectivity index (χ0v) is 5.83. The molecule has 0 radical (unpaired) electrons. The number of aromatic nitrogens is 1. The lowest BCUT2D eigenvalue weighted by Crippen LogP contribution is -2.08. The van der Waals surface area contributed by atoms with Crippen molar-refractivity contribution in [3.8, 4) is 6.07 Å². The fraction of sp³-hybridized carbons (Fsp3) is 0.143. The van der Waals surface area contributed by atoms with Gasteiger partial charge in [0.15, 0.2) is 7.85 Å². The third-order valence-electron chi connectivity index (χ3n) is 1.21. The van der Waals surface area contributed by atoms with E-state index in [1.807, 2.05) is 32.1 Å². The molecule has 0 spiro atoms. The molecule has 0 aliphatic heterocycles. The van der Waals surface area contributed by atoms with Crippen molar-refractivity contribution in [3.63, 3.8) is 0 Å². The molecule has 1 aromatic rings. The third-order valence-corrected chi connectivity index (χ3v) is 1.21. The van der Waals surface area contributed by atoms with Crippen molar-refractivity contribution >= 4 is 13.4 Å². The summed E-state index contributed by atoms with van der Waals surface area (Å²) in [6.07, 6.45) is 0.404. The highest BCUT2D eigenvalue weighted by atomic mass is 14.7. The van der Waals surface area contributed by atoms with Crippen LogP contribution >= 0.6 is 0 Å². The van der Waals surface area contributed by atoms with Crippen molar-refractivity contribution in [3.05, 3.63) is 23.9 Å². The highest BCUT2D eigenvalue weighted by Crippen LogP contribution is 1.90. The van der Waals surface area contributed by atoms with Crippen molar-refractivity contribution in [2.75, 3.05) is 0 Å². The van der Waals surface area contributed by atoms with Crippen LogP contribution in [-0.4, -0.2) is 12.8 Å². The van der Waals surface area contributed by atoms with Gasteiger partial charge >= 0.3 is 0 Å². The van der Waals surface area contributed by atoms with Gasteiger partial charge in [0.25, 0.3) is 0 Å². The van der Waals surface area contributed by atoms with Gasteiger partial charge in [0, 0.05) is 0 Å². The summed E-state index contributed by atoms with van der Waals surface area (Å²) in [7, 11) is 1.92. The van der Waals surface area contributed by atoms with Gasteiger partial charge in [-0.05, 0) is 11.7 Å². The van der Waals surface area contributed by atoms with Crippen LogP contribution in [0.5, 0.6) is 0 Å². The van der Waals surface area contributed by atoms with Crippen LogP contribution in [0.2, 0.25) is 0 Å². The molecule has 0 unspecified atom stereocenters. The summed E-state index contributed by atoms with van der Waals surface area (Å²) in [5.74, 6) is 0. The van der Waals surface area contributed by atoms with Crippen LogP contribution in [0.1, 0.15) is 5.69 Å². The molecule has 2 nitrogen and oxygen atoms in total. The van der Waals surface area contributed by atoms with E-state index in [0.717, 1.165) is 11.3 Å². The normalized spacial score (nSPS) is 8.70. The number of nitrogens with zero attached hydrogens (tertiary/aromatic N) is 2. The van der Waals surface area contributed by atoms with Crippen LogP contribution in [0, 0.1) is 11.3 Å². The number of hydrogen-bond donors (Lipinski definition) is 0. The van der Waals surface area contributed by atoms with Crippen molar-refractivity contribution in [2.24, 2.45) is 0 Å². The monoisotopic (exact) mass is 130 g/mol. The molecule has 0 aromatic carbocycles. The van der Waals surface area contributed by atoms with Gasteiger partial charge in [-0.25, -0.2) is 0 Å². The van der Waals surface area contributed by atoms with Crippen molar-refractivity contribution < 1.29 is 0 Å². The summed E-state index contributed by atoms with van der Waals surface area (Å²) >= 11 is 0. The average Bonchev–Trinajstić information content (AvgIpc) is 1.88. The molecule has 0 aliphatic rings. The first-order valence-corrected chi connectivity index (χ1v) is 3.12. The molecule has 1 rings (SSSR count). The van der Waals surface area contributed by atoms with Crippen molar-refractivity contribution in [1.82, 2.24) is 4.98 Å². The fourth-order valence-electron chi connectivity index (χ4n) is 0.779. The Morgan fingerprint density at radius 3 is 3.00 bits per heavy atom. The first-order valence-electron chi connectivity index (χ1n) is 3.12. The van der Waals surface area contributed by atoms with E-state index in [1.165, 1.54) is 0 Å². The molecule has 0 atom stereocenters. The number of nitriles is 1. The zero-order chi connectivity index (χ0) is 7.40. The second-order valence-electron chi connectivity index (χ2n) is 2.11. The average molecular weight is 130 g/mol. The Morgan fingerprint density at radius 1 is 1.60 bits per heavy atom. The maximum absolute atomic E-state index is 8.32. The Morgan fingerprint density at radius 2 is 2.40 bits per heavy atom. The Balaban J connectivity index is 2.87. The lowest BCUT2D eigenvalue weighted by molar-refractivity contribution is 1.14. The highest BCUT2D eigenvalue weighted by molar-refractivity contribution is 6.30. The van der Waals surface area contributed by atoms with E-state index in [1.54, 1.807) is 0 Å². The van der Waals surface area contributed by atoms with Gasteiger partial charge in [-0.15, -0.1) is 0 Å². The van der Waals surface area contributed by atoms with Crippen LogP contribution in [-0.2, 0) is 6.42 Å². The Bertz CT molecular complexity index is 265. The largest absolute Gasteiger partial charge is 0.268 e. The first-order chi connectivity index (χ1) is 4.83. The molecule has 0 N–H and O–H groups in total. The molecule has 0 amide bonds. The van der Waals surface area contributed by atoms with Gasteiger partial charge in [0.2, 0.25) is 0 Å². The van der Waals surface area contributed by atoms with Gasteiger partial charge in [-0.3, -0.25) is 4.98 Å². The molecule has 0 saturated carbocycles. The molecule has 10 heavy (non-hydrogen) atoms. The summed E-state index contributed by atoms with van der Waals surface area (Å²) < 4.78 is 0. The molecular formula is C7H7BN2. The van der Waals surface area contributed by atoms with E-state index in [4.69, 9.17) is 5.26 Å². The van der Waals surface area contributed by atoms with Gasteiger partial charge in [0.05, 0.1) is 18.2 Å². The molecule has 3 heteroatoms. The van der Waals surface area contributed by atoms with Crippen molar-refractivity contribution in [1.29, 1.82) is 5.26 Å². The van der Waals surface area contributed by atoms with Crippen LogP contribution in [0.3, 0.4) is 0 Å². The topological polar surface area (TPSA) is 36.7 Å². The lowest BCUT2D eigenvalue weighted by atomic mass is 10.0. The highest BCUT2D eigenvalue weighted by Gasteiger charge is 1.90. The van der Waals surface area contributed by atoms with E-state index in [0.29, 0.717) is 6.42 Å². The minimum Gasteiger partial charge on any atom is -0.268 e. The summed E-state index contributed by atoms with van der Waals surface area (Å²) in [5, 5.41) is 8.32. The predicted molar refractivity (Wildman–Crippen MR) is 41.7 cm³/mol. The van der Waals surface area contributed by atoms with Gasteiger partial charge < -0.3 is 0 Å². The van der Waals surface area contributed by atoms with Gasteiger partial charge in [-0.2, -0.15) is 5.26 Å². The molecule has 1 aromatic heterocycles. The summed E-state index contributed by atoms with van der Waals surface area (Å²) in [6.45, 7) is 0.